The van der Waals surface area contributed by atoms with Crippen LogP contribution >= 0.6 is 0 Å². The molecule has 5 N–H and O–H groups in total. The second-order valence-electron chi connectivity index (χ2n) is 12.1. The van der Waals surface area contributed by atoms with E-state index >= 15 is 0 Å². The molecule has 244 valence electrons. The van der Waals surface area contributed by atoms with Gasteiger partial charge >= 0.3 is 12.1 Å². The first-order chi connectivity index (χ1) is 22.1. The average molecular weight is 631 g/mol. The van der Waals surface area contributed by atoms with Crippen molar-refractivity contribution in [3.8, 4) is 0 Å². The molecule has 1 aliphatic rings. The molecule has 0 radical (unpaired) electrons. The van der Waals surface area contributed by atoms with Crippen molar-refractivity contribution >= 4 is 40.6 Å². The smallest absolute Gasteiger partial charge is 0.408 e. The molecule has 0 spiro atoms. The summed E-state index contributed by atoms with van der Waals surface area (Å²) in [6.45, 7) is 4.29. The zero-order valence-electron chi connectivity index (χ0n) is 26.2. The Bertz CT molecular complexity index is 1520. The van der Waals surface area contributed by atoms with Crippen LogP contribution in [0.1, 0.15) is 50.7 Å². The number of carbonyl (C=O) groups excluding carboxylic acids is 4. The molecule has 11 heteroatoms. The molecule has 1 saturated heterocycles. The van der Waals surface area contributed by atoms with Crippen LogP contribution in [0, 0.1) is 11.8 Å². The Labute approximate surface area is 268 Å². The molecule has 0 aromatic heterocycles. The Morgan fingerprint density at radius 3 is 2.26 bits per heavy atom. The Balaban J connectivity index is 1.52. The summed E-state index contributed by atoms with van der Waals surface area (Å²) in [4.78, 5) is 64.6. The number of carboxylic acids is 1. The van der Waals surface area contributed by atoms with E-state index in [9.17, 15) is 29.1 Å². The van der Waals surface area contributed by atoms with Crippen molar-refractivity contribution in [2.75, 3.05) is 6.54 Å². The maximum absolute atomic E-state index is 13.8. The Kier molecular flexibility index (Phi) is 12.1. The topological polar surface area (TPSA) is 163 Å². The minimum absolute atomic E-state index is 0.00323. The number of nitrogens with one attached hydrogen (secondary N) is 4. The number of piperidine rings is 1. The van der Waals surface area contributed by atoms with Crippen LogP contribution in [0.4, 0.5) is 4.79 Å². The standard InChI is InChI=1S/C35H42N4O7/c1-22(2)18-28(32(41)38-30(34(43)44)20-26-15-9-17-36-31(26)40)37-33(42)29(39-35(45)46-21-23-10-4-3-5-11-23)19-25-14-8-13-24-12-6-7-16-27(24)25/h3-8,10-14,16,22,26,28-30H,9,15,17-21H2,1-2H3,(H,36,40)(H,37,42)(H,38,41)(H,39,45)(H,43,44)/t26-,28-,29+,30-/m0/s1. The first kappa shape index (κ1) is 34.0. The summed E-state index contributed by atoms with van der Waals surface area (Å²) >= 11 is 0. The third-order valence-corrected chi connectivity index (χ3v) is 8.00. The monoisotopic (exact) mass is 630 g/mol. The molecule has 46 heavy (non-hydrogen) atoms. The first-order valence-corrected chi connectivity index (χ1v) is 15.7. The zero-order chi connectivity index (χ0) is 33.1. The van der Waals surface area contributed by atoms with Gasteiger partial charge in [-0.1, -0.05) is 86.6 Å². The van der Waals surface area contributed by atoms with Gasteiger partial charge in [0.05, 0.1) is 0 Å². The summed E-state index contributed by atoms with van der Waals surface area (Å²) in [6.07, 6.45) is 0.714. The van der Waals surface area contributed by atoms with Crippen LogP contribution in [-0.2, 0) is 36.9 Å². The highest BCUT2D eigenvalue weighted by atomic mass is 16.5. The molecule has 1 heterocycles. The van der Waals surface area contributed by atoms with Gasteiger partial charge in [-0.3, -0.25) is 14.4 Å². The van der Waals surface area contributed by atoms with E-state index in [1.165, 1.54) is 0 Å². The van der Waals surface area contributed by atoms with Crippen LogP contribution in [0.3, 0.4) is 0 Å². The summed E-state index contributed by atoms with van der Waals surface area (Å²) in [5, 5.41) is 22.4. The largest absolute Gasteiger partial charge is 0.480 e. The molecule has 1 aliphatic heterocycles. The van der Waals surface area contributed by atoms with Crippen molar-refractivity contribution in [2.24, 2.45) is 11.8 Å². The fourth-order valence-electron chi connectivity index (χ4n) is 5.62. The summed E-state index contributed by atoms with van der Waals surface area (Å²) < 4.78 is 5.40. The number of hydrogen-bond acceptors (Lipinski definition) is 6. The molecule has 4 amide bonds. The van der Waals surface area contributed by atoms with Crippen molar-refractivity contribution in [1.82, 2.24) is 21.3 Å². The maximum atomic E-state index is 13.8. The van der Waals surface area contributed by atoms with Crippen LogP contribution in [0.2, 0.25) is 0 Å². The zero-order valence-corrected chi connectivity index (χ0v) is 26.2. The van der Waals surface area contributed by atoms with E-state index in [0.29, 0.717) is 13.0 Å². The van der Waals surface area contributed by atoms with E-state index < -0.39 is 47.9 Å². The van der Waals surface area contributed by atoms with Crippen LogP contribution < -0.4 is 21.3 Å². The van der Waals surface area contributed by atoms with Gasteiger partial charge in [0.1, 0.15) is 24.7 Å². The van der Waals surface area contributed by atoms with E-state index in [0.717, 1.165) is 28.3 Å². The lowest BCUT2D eigenvalue weighted by molar-refractivity contribution is -0.143. The number of benzene rings is 3. The summed E-state index contributed by atoms with van der Waals surface area (Å²) in [7, 11) is 0. The molecular weight excluding hydrogens is 588 g/mol. The van der Waals surface area contributed by atoms with Gasteiger partial charge in [0.2, 0.25) is 17.7 Å². The number of carboxylic acid groups (broad SMARTS) is 1. The highest BCUT2D eigenvalue weighted by molar-refractivity contribution is 5.94. The third kappa shape index (κ3) is 9.79. The van der Waals surface area contributed by atoms with Crippen molar-refractivity contribution in [3.05, 3.63) is 83.9 Å². The SMILES string of the molecule is CC(C)C[C@H](NC(=O)[C@@H](Cc1cccc2ccccc12)NC(=O)OCc1ccccc1)C(=O)N[C@@H](C[C@@H]1CCCNC1=O)C(=O)O. The van der Waals surface area contributed by atoms with E-state index in [-0.39, 0.29) is 37.7 Å². The van der Waals surface area contributed by atoms with Crippen molar-refractivity contribution < 1.29 is 33.8 Å². The van der Waals surface area contributed by atoms with Gasteiger partial charge in [0.25, 0.3) is 0 Å². The number of hydrogen-bond donors (Lipinski definition) is 5. The number of fused-ring (bicyclic) bond motifs is 1. The molecule has 3 aromatic carbocycles. The van der Waals surface area contributed by atoms with Crippen LogP contribution in [0.5, 0.6) is 0 Å². The second kappa shape index (κ2) is 16.4. The summed E-state index contributed by atoms with van der Waals surface area (Å²) in [6, 6.07) is 19.0. The van der Waals surface area contributed by atoms with E-state index in [1.807, 2.05) is 86.6 Å². The lowest BCUT2D eigenvalue weighted by Crippen LogP contribution is -2.57. The molecule has 0 bridgehead atoms. The van der Waals surface area contributed by atoms with Gasteiger partial charge in [-0.25, -0.2) is 9.59 Å². The quantitative estimate of drug-likeness (QED) is 0.181. The second-order valence-corrected chi connectivity index (χ2v) is 12.1. The molecule has 0 saturated carbocycles. The van der Waals surface area contributed by atoms with Crippen molar-refractivity contribution in [1.29, 1.82) is 0 Å². The van der Waals surface area contributed by atoms with E-state index in [2.05, 4.69) is 21.3 Å². The highest BCUT2D eigenvalue weighted by Crippen LogP contribution is 2.21. The molecule has 4 atom stereocenters. The first-order valence-electron chi connectivity index (χ1n) is 15.7. The number of ether oxygens (including phenoxy) is 1. The van der Waals surface area contributed by atoms with Crippen LogP contribution in [0.25, 0.3) is 10.8 Å². The van der Waals surface area contributed by atoms with Gasteiger partial charge < -0.3 is 31.1 Å². The number of amides is 4. The third-order valence-electron chi connectivity index (χ3n) is 8.00. The average Bonchev–Trinajstić information content (AvgIpc) is 3.04. The molecular formula is C35H42N4O7. The number of alkyl carbamates (subject to hydrolysis) is 1. The van der Waals surface area contributed by atoms with E-state index in [1.54, 1.807) is 0 Å². The Morgan fingerprint density at radius 1 is 0.870 bits per heavy atom. The van der Waals surface area contributed by atoms with Gasteiger partial charge in [0, 0.05) is 18.9 Å². The molecule has 11 nitrogen and oxygen atoms in total. The van der Waals surface area contributed by atoms with E-state index in [4.69, 9.17) is 4.74 Å². The lowest BCUT2D eigenvalue weighted by Gasteiger charge is -2.28. The lowest BCUT2D eigenvalue weighted by atomic mass is 9.91. The number of aliphatic carboxylic acids is 1. The Morgan fingerprint density at radius 2 is 1.54 bits per heavy atom. The van der Waals surface area contributed by atoms with Gasteiger partial charge in [0.15, 0.2) is 0 Å². The Hall–Kier alpha value is -4.93. The van der Waals surface area contributed by atoms with Gasteiger partial charge in [-0.2, -0.15) is 0 Å². The minimum atomic E-state index is -1.31. The molecule has 0 unspecified atom stereocenters. The molecule has 1 fully saturated rings. The van der Waals surface area contributed by atoms with Crippen LogP contribution in [0.15, 0.2) is 72.8 Å². The normalized spacial score (nSPS) is 16.5. The predicted octanol–water partition coefficient (Wildman–Crippen LogP) is 3.69. The van der Waals surface area contributed by atoms with Gasteiger partial charge in [-0.15, -0.1) is 0 Å². The molecule has 4 rings (SSSR count). The summed E-state index contributed by atoms with van der Waals surface area (Å²) in [5.74, 6) is -3.38. The van der Waals surface area contributed by atoms with Crippen LogP contribution in [-0.4, -0.2) is 59.6 Å². The highest BCUT2D eigenvalue weighted by Gasteiger charge is 2.33. The van der Waals surface area contributed by atoms with Gasteiger partial charge in [-0.05, 0) is 53.5 Å². The summed E-state index contributed by atoms with van der Waals surface area (Å²) in [5.41, 5.74) is 1.59. The molecule has 0 aliphatic carbocycles. The molecule has 3 aromatic rings. The fourth-order valence-corrected chi connectivity index (χ4v) is 5.62. The number of carbonyl (C=O) groups is 5. The van der Waals surface area contributed by atoms with Crippen molar-refractivity contribution in [2.45, 2.75) is 70.7 Å². The minimum Gasteiger partial charge on any atom is -0.480 e. The van der Waals surface area contributed by atoms with Crippen molar-refractivity contribution in [3.63, 3.8) is 0 Å². The number of rotatable bonds is 14. The predicted molar refractivity (Wildman–Crippen MR) is 173 cm³/mol. The maximum Gasteiger partial charge on any atom is 0.408 e. The fraction of sp³-hybridized carbons (Fsp3) is 0.400.